The molecule has 2 fully saturated rings. The number of rotatable bonds is 5. The van der Waals surface area contributed by atoms with Gasteiger partial charge in [-0.15, -0.1) is 0 Å². The van der Waals surface area contributed by atoms with E-state index in [1.165, 1.54) is 6.42 Å². The number of carboxylic acid groups (broad SMARTS) is 1. The van der Waals surface area contributed by atoms with Crippen molar-refractivity contribution in [3.63, 3.8) is 0 Å². The summed E-state index contributed by atoms with van der Waals surface area (Å²) in [6, 6.07) is 0.139. The topological polar surface area (TPSA) is 74.7 Å². The molecule has 3 atom stereocenters. The van der Waals surface area contributed by atoms with Gasteiger partial charge < -0.3 is 5.11 Å². The van der Waals surface area contributed by atoms with Gasteiger partial charge in [-0.05, 0) is 25.2 Å². The first-order valence-corrected chi connectivity index (χ1v) is 9.41. The quantitative estimate of drug-likeness (QED) is 0.833. The molecule has 1 aliphatic carbocycles. The lowest BCUT2D eigenvalue weighted by Crippen LogP contribution is -2.48. The lowest BCUT2D eigenvalue weighted by molar-refractivity contribution is -0.140. The van der Waals surface area contributed by atoms with E-state index in [0.717, 1.165) is 25.7 Å². The van der Waals surface area contributed by atoms with Gasteiger partial charge in [-0.2, -0.15) is 0 Å². The Morgan fingerprint density at radius 2 is 2.00 bits per heavy atom. The number of hydrogen-bond acceptors (Lipinski definition) is 4. The molecule has 20 heavy (non-hydrogen) atoms. The van der Waals surface area contributed by atoms with Crippen LogP contribution in [0, 0.1) is 5.92 Å². The van der Waals surface area contributed by atoms with Crippen LogP contribution in [0.2, 0.25) is 0 Å². The Hall–Kier alpha value is -0.620. The monoisotopic (exact) mass is 303 g/mol. The first kappa shape index (κ1) is 15.8. The summed E-state index contributed by atoms with van der Waals surface area (Å²) in [6.07, 6.45) is 6.07. The van der Waals surface area contributed by atoms with Gasteiger partial charge in [-0.3, -0.25) is 9.69 Å². The number of carboxylic acids is 1. The van der Waals surface area contributed by atoms with E-state index in [-0.39, 0.29) is 30.1 Å². The molecule has 0 spiro atoms. The largest absolute Gasteiger partial charge is 0.480 e. The van der Waals surface area contributed by atoms with Crippen LogP contribution in [-0.4, -0.2) is 54.5 Å². The van der Waals surface area contributed by atoms with Crippen LogP contribution < -0.4 is 0 Å². The molecule has 116 valence electrons. The Bertz CT molecular complexity index is 448. The van der Waals surface area contributed by atoms with Crippen molar-refractivity contribution in [2.45, 2.75) is 57.5 Å². The van der Waals surface area contributed by atoms with Crippen molar-refractivity contribution in [1.29, 1.82) is 0 Å². The highest BCUT2D eigenvalue weighted by Crippen LogP contribution is 2.32. The highest BCUT2D eigenvalue weighted by Gasteiger charge is 2.37. The third-order valence-electron chi connectivity index (χ3n) is 4.80. The van der Waals surface area contributed by atoms with Crippen LogP contribution >= 0.6 is 0 Å². The Kier molecular flexibility index (Phi) is 5.07. The molecular weight excluding hydrogens is 278 g/mol. The molecular formula is C14H25NO4S. The van der Waals surface area contributed by atoms with Crippen molar-refractivity contribution in [1.82, 2.24) is 4.90 Å². The minimum Gasteiger partial charge on any atom is -0.480 e. The molecule has 0 aromatic carbocycles. The molecule has 1 heterocycles. The average Bonchev–Trinajstić information content (AvgIpc) is 2.76. The molecule has 0 amide bonds. The maximum Gasteiger partial charge on any atom is 0.317 e. The maximum atomic E-state index is 11.7. The second-order valence-corrected chi connectivity index (χ2v) is 8.45. The fourth-order valence-corrected chi connectivity index (χ4v) is 5.43. The number of aliphatic carboxylic acids is 1. The average molecular weight is 303 g/mol. The lowest BCUT2D eigenvalue weighted by atomic mass is 9.83. The second-order valence-electron chi connectivity index (χ2n) is 6.22. The summed E-state index contributed by atoms with van der Waals surface area (Å²) in [5.41, 5.74) is 0. The SMILES string of the molecule is CCC1CCCC(N(CC(=O)O)C2CCS(=O)(=O)C2)C1. The predicted molar refractivity (Wildman–Crippen MR) is 77.4 cm³/mol. The molecule has 1 saturated carbocycles. The van der Waals surface area contributed by atoms with Crippen molar-refractivity contribution >= 4 is 15.8 Å². The molecule has 3 unspecified atom stereocenters. The molecule has 0 aromatic heterocycles. The number of sulfone groups is 1. The van der Waals surface area contributed by atoms with Gasteiger partial charge in [0.1, 0.15) is 0 Å². The molecule has 0 radical (unpaired) electrons. The molecule has 2 rings (SSSR count). The highest BCUT2D eigenvalue weighted by molar-refractivity contribution is 7.91. The Morgan fingerprint density at radius 1 is 1.25 bits per heavy atom. The molecule has 5 nitrogen and oxygen atoms in total. The Labute approximate surface area is 121 Å². The zero-order chi connectivity index (χ0) is 14.8. The van der Waals surface area contributed by atoms with Gasteiger partial charge in [0.25, 0.3) is 0 Å². The van der Waals surface area contributed by atoms with Gasteiger partial charge in [-0.1, -0.05) is 26.2 Å². The third kappa shape index (κ3) is 3.95. The summed E-state index contributed by atoms with van der Waals surface area (Å²) < 4.78 is 23.3. The predicted octanol–water partition coefficient (Wildman–Crippen LogP) is 1.53. The summed E-state index contributed by atoms with van der Waals surface area (Å²) in [5, 5.41) is 9.14. The normalized spacial score (nSPS) is 33.4. The standard InChI is InChI=1S/C14H25NO4S/c1-2-11-4-3-5-12(8-11)15(9-14(16)17)13-6-7-20(18,19)10-13/h11-13H,2-10H2,1H3,(H,16,17). The maximum absolute atomic E-state index is 11.7. The fourth-order valence-electron chi connectivity index (χ4n) is 3.68. The van der Waals surface area contributed by atoms with Crippen LogP contribution in [-0.2, 0) is 14.6 Å². The smallest absolute Gasteiger partial charge is 0.317 e. The van der Waals surface area contributed by atoms with Crippen molar-refractivity contribution in [3.8, 4) is 0 Å². The molecule has 6 heteroatoms. The second kappa shape index (κ2) is 6.43. The van der Waals surface area contributed by atoms with Crippen molar-refractivity contribution < 1.29 is 18.3 Å². The van der Waals surface area contributed by atoms with E-state index in [9.17, 15) is 13.2 Å². The minimum absolute atomic E-state index is 0.0265. The summed E-state index contributed by atoms with van der Waals surface area (Å²) in [4.78, 5) is 13.1. The van der Waals surface area contributed by atoms with Gasteiger partial charge in [0.2, 0.25) is 0 Å². The molecule has 1 saturated heterocycles. The molecule has 1 aliphatic heterocycles. The highest BCUT2D eigenvalue weighted by atomic mass is 32.2. The molecule has 1 N–H and O–H groups in total. The molecule has 0 aromatic rings. The van der Waals surface area contributed by atoms with E-state index in [4.69, 9.17) is 5.11 Å². The van der Waals surface area contributed by atoms with Crippen LogP contribution in [0.3, 0.4) is 0 Å². The molecule has 2 aliphatic rings. The van der Waals surface area contributed by atoms with Gasteiger partial charge in [0, 0.05) is 12.1 Å². The Balaban J connectivity index is 2.09. The summed E-state index contributed by atoms with van der Waals surface area (Å²) in [6.45, 7) is 2.15. The fraction of sp³-hybridized carbons (Fsp3) is 0.929. The van der Waals surface area contributed by atoms with Crippen molar-refractivity contribution in [3.05, 3.63) is 0 Å². The first-order valence-electron chi connectivity index (χ1n) is 7.59. The minimum atomic E-state index is -2.97. The summed E-state index contributed by atoms with van der Waals surface area (Å²) in [7, 11) is -2.97. The van der Waals surface area contributed by atoms with Gasteiger partial charge in [-0.25, -0.2) is 8.42 Å². The van der Waals surface area contributed by atoms with Gasteiger partial charge in [0.05, 0.1) is 18.1 Å². The van der Waals surface area contributed by atoms with E-state index in [1.807, 2.05) is 4.90 Å². The van der Waals surface area contributed by atoms with Crippen LogP contribution in [0.4, 0.5) is 0 Å². The van der Waals surface area contributed by atoms with Crippen LogP contribution in [0.5, 0.6) is 0 Å². The zero-order valence-corrected chi connectivity index (χ0v) is 12.9. The van der Waals surface area contributed by atoms with E-state index in [0.29, 0.717) is 12.3 Å². The van der Waals surface area contributed by atoms with Gasteiger partial charge >= 0.3 is 5.97 Å². The number of hydrogen-bond donors (Lipinski definition) is 1. The van der Waals surface area contributed by atoms with E-state index in [2.05, 4.69) is 6.92 Å². The first-order chi connectivity index (χ1) is 9.41. The van der Waals surface area contributed by atoms with Crippen molar-refractivity contribution in [2.24, 2.45) is 5.92 Å². The lowest BCUT2D eigenvalue weighted by Gasteiger charge is -2.39. The summed E-state index contributed by atoms with van der Waals surface area (Å²) in [5.74, 6) is 0.140. The Morgan fingerprint density at radius 3 is 2.55 bits per heavy atom. The van der Waals surface area contributed by atoms with E-state index < -0.39 is 15.8 Å². The van der Waals surface area contributed by atoms with Crippen LogP contribution in [0.15, 0.2) is 0 Å². The number of nitrogens with zero attached hydrogens (tertiary/aromatic N) is 1. The van der Waals surface area contributed by atoms with Crippen LogP contribution in [0.1, 0.15) is 45.4 Å². The summed E-state index contributed by atoms with van der Waals surface area (Å²) >= 11 is 0. The van der Waals surface area contributed by atoms with E-state index >= 15 is 0 Å². The third-order valence-corrected chi connectivity index (χ3v) is 6.55. The van der Waals surface area contributed by atoms with Crippen LogP contribution in [0.25, 0.3) is 0 Å². The van der Waals surface area contributed by atoms with E-state index in [1.54, 1.807) is 0 Å². The molecule has 0 bridgehead atoms. The van der Waals surface area contributed by atoms with Crippen molar-refractivity contribution in [2.75, 3.05) is 18.1 Å². The zero-order valence-electron chi connectivity index (χ0n) is 12.1. The number of carbonyl (C=O) groups is 1. The van der Waals surface area contributed by atoms with Gasteiger partial charge in [0.15, 0.2) is 9.84 Å².